The lowest BCUT2D eigenvalue weighted by Gasteiger charge is -2.43. The second kappa shape index (κ2) is 40.8. The highest BCUT2D eigenvalue weighted by Crippen LogP contribution is 2.47. The second-order valence-corrected chi connectivity index (χ2v) is 39.7. The number of hydrogen-bond donors (Lipinski definition) is 0. The molecule has 0 saturated carbocycles. The smallest absolute Gasteiger partial charge is 0.438 e. The van der Waals surface area contributed by atoms with Crippen LogP contribution >= 0.6 is 38.5 Å². The molecule has 696 valence electrons. The van der Waals surface area contributed by atoms with Gasteiger partial charge in [-0.3, -0.25) is 9.59 Å². The van der Waals surface area contributed by atoms with E-state index < -0.39 is 49.1 Å². The molecule has 5 aromatic heterocycles. The molecule has 0 bridgehead atoms. The van der Waals surface area contributed by atoms with E-state index >= 15 is 0 Å². The lowest BCUT2D eigenvalue weighted by Crippen LogP contribution is -2.49. The zero-order chi connectivity index (χ0) is 95.1. The molecule has 0 N–H and O–H groups in total. The molecule has 6 atom stereocenters. The first kappa shape index (κ1) is 99.1. The molecule has 0 unspecified atom stereocenters. The van der Waals surface area contributed by atoms with Gasteiger partial charge in [0, 0.05) is 145 Å². The minimum Gasteiger partial charge on any atom is -0.438 e. The average molecular weight is 1980 g/mol. The summed E-state index contributed by atoms with van der Waals surface area (Å²) in [5.74, 6) is 3.23. The Morgan fingerprint density at radius 3 is 0.977 bits per heavy atom. The van der Waals surface area contributed by atoms with Crippen LogP contribution in [0.1, 0.15) is 229 Å². The molecule has 6 fully saturated rings. The highest BCUT2D eigenvalue weighted by molar-refractivity contribution is 14.1. The number of cyclic esters (lactones) is 3. The van der Waals surface area contributed by atoms with E-state index in [2.05, 4.69) is 69.1 Å². The van der Waals surface area contributed by atoms with Crippen molar-refractivity contribution < 1.29 is 69.8 Å². The van der Waals surface area contributed by atoms with Gasteiger partial charge in [0.15, 0.2) is 0 Å². The fourth-order valence-corrected chi connectivity index (χ4v) is 17.2. The van der Waals surface area contributed by atoms with Gasteiger partial charge in [0.25, 0.3) is 11.1 Å². The van der Waals surface area contributed by atoms with Crippen LogP contribution in [0, 0.1) is 24.3 Å². The lowest BCUT2D eigenvalue weighted by molar-refractivity contribution is -0.0665. The summed E-state index contributed by atoms with van der Waals surface area (Å²) in [7, 11) is 2.09. The fraction of sp³-hybridized carbons (Fsp3) is 0.444. The van der Waals surface area contributed by atoms with Crippen molar-refractivity contribution in [3.8, 4) is 11.1 Å². The molecular formula is C99H120B3BrIN11O17. The van der Waals surface area contributed by atoms with Gasteiger partial charge in [-0.15, -0.1) is 30.6 Å². The molecule has 0 spiro atoms. The summed E-state index contributed by atoms with van der Waals surface area (Å²) in [5.41, 5.74) is 4.34. The number of aryl methyl sites for hydroxylation is 8. The van der Waals surface area contributed by atoms with Crippen molar-refractivity contribution in [1.82, 2.24) is 54.4 Å². The van der Waals surface area contributed by atoms with E-state index in [1.807, 2.05) is 280 Å². The van der Waals surface area contributed by atoms with E-state index in [1.165, 1.54) is 0 Å². The Morgan fingerprint density at radius 1 is 0.379 bits per heavy atom. The van der Waals surface area contributed by atoms with Gasteiger partial charge in [0.05, 0.1) is 51.7 Å². The molecule has 6 aliphatic rings. The fourth-order valence-electron chi connectivity index (χ4n) is 16.5. The Labute approximate surface area is 796 Å². The van der Waals surface area contributed by atoms with Crippen molar-refractivity contribution in [2.45, 2.75) is 251 Å². The molecule has 0 aliphatic carbocycles. The van der Waals surface area contributed by atoms with Crippen molar-refractivity contribution in [3.63, 3.8) is 0 Å². The molecule has 132 heavy (non-hydrogen) atoms. The summed E-state index contributed by atoms with van der Waals surface area (Å²) in [4.78, 5) is 68.1. The summed E-state index contributed by atoms with van der Waals surface area (Å²) < 4.78 is 76.6. The zero-order valence-electron chi connectivity index (χ0n) is 79.1. The number of benzene rings is 6. The van der Waals surface area contributed by atoms with Crippen LogP contribution in [0.5, 0.6) is 0 Å². The molecule has 6 saturated heterocycles. The standard InChI is InChI=1S/C29H36BN3O5.C29H30N4O4.C23H24BrN3O3.C12H24B2O4.C6H6INO/c1-20(22-12-14-24(15-13-22)30-37-27(3,4)28(5,6)38-30)33-19-18-29(36-26(33)34,23-10-8-7-9-11-23)17-16-25-32-31-21(2)35-25;1-20(22-9-11-23(12-10-22)24-14-17-32(3)27(34)19-24)33-18-16-29(37-28(33)35,25-7-5-4-6-8-25)15-13-26-31-30-21(2)36-26;1-16(18-8-10-20(24)11-9-18)27-15-14-23(30-22(27)28,19-6-4-3-5-7-19)13-12-21-26-25-17(2)29-21;1-9(2)10(3,4)16-13(15-9)14-17-11(5,6)12(7,8)18-14;1-8-3-2-5(7)4-6(8)9/h7-15,20H,16-19H2,1-6H3;4-12,14,17,19-20H,13,15-16,18H2,1-3H3;3-11,16H,12-15H2,1-2H3;1-8H3;2-4H,1H3/t2*20-,29+;16-,23+;;/m000../s1. The van der Waals surface area contributed by atoms with Crippen molar-refractivity contribution in [2.75, 3.05) is 19.6 Å². The van der Waals surface area contributed by atoms with E-state index in [9.17, 15) is 24.0 Å². The van der Waals surface area contributed by atoms with Crippen LogP contribution in [-0.2, 0) is 92.3 Å². The third-order valence-electron chi connectivity index (χ3n) is 27.0. The van der Waals surface area contributed by atoms with E-state index in [1.54, 1.807) is 83.2 Å². The molecule has 28 nitrogen and oxygen atoms in total. The topological polar surface area (TPSA) is 305 Å². The van der Waals surface area contributed by atoms with Crippen LogP contribution in [0.4, 0.5) is 14.4 Å². The summed E-state index contributed by atoms with van der Waals surface area (Å²) in [5, 5.41) is 24.1. The van der Waals surface area contributed by atoms with Crippen LogP contribution in [0.2, 0.25) is 0 Å². The van der Waals surface area contributed by atoms with Crippen molar-refractivity contribution >= 4 is 83.4 Å². The third-order valence-corrected chi connectivity index (χ3v) is 28.2. The number of carbonyl (C=O) groups excluding carboxylic acids is 3. The van der Waals surface area contributed by atoms with Crippen LogP contribution in [0.25, 0.3) is 11.1 Å². The Bertz CT molecular complexity index is 5810. The predicted octanol–water partition coefficient (Wildman–Crippen LogP) is 19.1. The monoisotopic (exact) mass is 1970 g/mol. The van der Waals surface area contributed by atoms with Crippen LogP contribution in [-0.4, -0.2) is 147 Å². The first-order valence-corrected chi connectivity index (χ1v) is 46.8. The summed E-state index contributed by atoms with van der Waals surface area (Å²) in [6.45, 7) is 37.5. The maximum atomic E-state index is 13.4. The average Bonchev–Trinajstić information content (AvgIpc) is 1.70. The molecule has 6 aliphatic heterocycles. The molecule has 6 aromatic carbocycles. The van der Waals surface area contributed by atoms with Crippen LogP contribution < -0.4 is 16.6 Å². The number of halogens is 2. The second-order valence-electron chi connectivity index (χ2n) is 37.5. The number of aromatic nitrogens is 8. The van der Waals surface area contributed by atoms with Gasteiger partial charge in [-0.25, -0.2) is 14.4 Å². The molecule has 11 aromatic rings. The number of nitrogens with zero attached hydrogens (tertiary/aromatic N) is 11. The maximum Gasteiger partial charge on any atom is 0.494 e. The normalized spacial score (nSPS) is 21.5. The van der Waals surface area contributed by atoms with Gasteiger partial charge in [0.2, 0.25) is 35.3 Å². The first-order chi connectivity index (χ1) is 62.4. The molecule has 0 radical (unpaired) electrons. The Kier molecular flexibility index (Phi) is 30.6. The number of ether oxygens (including phenoxy) is 3. The first-order valence-electron chi connectivity index (χ1n) is 44.9. The quantitative estimate of drug-likeness (QED) is 0.0366. The Balaban J connectivity index is 0.000000148. The summed E-state index contributed by atoms with van der Waals surface area (Å²) >= 11 is 5.57. The van der Waals surface area contributed by atoms with Gasteiger partial charge < -0.3 is 79.2 Å². The predicted molar refractivity (Wildman–Crippen MR) is 515 cm³/mol. The van der Waals surface area contributed by atoms with Gasteiger partial charge in [-0.2, -0.15) is 0 Å². The molecular weight excluding hydrogens is 1850 g/mol. The highest BCUT2D eigenvalue weighted by Gasteiger charge is 2.64. The highest BCUT2D eigenvalue weighted by atomic mass is 127. The van der Waals surface area contributed by atoms with E-state index in [0.717, 1.165) is 58.0 Å². The third kappa shape index (κ3) is 23.0. The number of hydrogen-bond acceptors (Lipinski definition) is 23. The van der Waals surface area contributed by atoms with Crippen molar-refractivity contribution in [1.29, 1.82) is 0 Å². The summed E-state index contributed by atoms with van der Waals surface area (Å²) in [6, 6.07) is 60.5. The number of rotatable bonds is 21. The molecule has 3 amide bonds. The van der Waals surface area contributed by atoms with Crippen LogP contribution in [0.3, 0.4) is 0 Å². The number of pyridine rings is 2. The van der Waals surface area contributed by atoms with E-state index in [4.69, 9.17) is 55.4 Å². The van der Waals surface area contributed by atoms with E-state index in [-0.39, 0.29) is 69.9 Å². The Hall–Kier alpha value is -10.4. The largest absolute Gasteiger partial charge is 0.494 e. The van der Waals surface area contributed by atoms with Crippen LogP contribution in [0.15, 0.2) is 228 Å². The molecule has 11 heterocycles. The number of amides is 3. The summed E-state index contributed by atoms with van der Waals surface area (Å²) in [6.07, 6.45) is 7.83. The maximum absolute atomic E-state index is 13.4. The van der Waals surface area contributed by atoms with Gasteiger partial charge in [0.1, 0.15) is 16.8 Å². The lowest BCUT2D eigenvalue weighted by atomic mass is 9.49. The van der Waals surface area contributed by atoms with Crippen molar-refractivity contribution in [3.05, 3.63) is 298 Å². The van der Waals surface area contributed by atoms with Gasteiger partial charge in [-0.05, 0) is 201 Å². The Morgan fingerprint density at radius 2 is 0.682 bits per heavy atom. The molecule has 33 heteroatoms. The number of carbonyl (C=O) groups is 3. The minimum atomic E-state index is -0.764. The zero-order valence-corrected chi connectivity index (χ0v) is 82.9. The van der Waals surface area contributed by atoms with Crippen molar-refractivity contribution in [2.24, 2.45) is 14.1 Å². The minimum absolute atomic E-state index is 0.0434. The van der Waals surface area contributed by atoms with Gasteiger partial charge in [-0.1, -0.05) is 168 Å². The van der Waals surface area contributed by atoms with E-state index in [0.29, 0.717) is 113 Å². The molecule has 17 rings (SSSR count). The van der Waals surface area contributed by atoms with Gasteiger partial charge >= 0.3 is 39.4 Å². The SMILES string of the molecule is CC1(C)OB(B2OC(C)(C)C(C)(C)O2)OC1(C)C.Cc1nnc(CC[C@]2(c3ccccc3)CCN([C@@H](C)c3ccc(-c4ccn(C)c(=O)c4)cc3)C(=O)O2)o1.Cc1nnc(CC[C@]2(c3ccccc3)CCN([C@@H](C)c3ccc(B4OC(C)(C)C(C)(C)O4)cc3)C(=O)O2)o1.Cc1nnc(CC[C@]2(c3ccccc3)CCN([C@@H](C)c3ccc(Br)cc3)C(=O)O2)o1.Cn1ccc(I)cc1=O.